The van der Waals surface area contributed by atoms with Gasteiger partial charge < -0.3 is 24.7 Å². The summed E-state index contributed by atoms with van der Waals surface area (Å²) in [5.74, 6) is -1.67. The number of carbonyl (C=O) groups is 1. The van der Waals surface area contributed by atoms with Crippen molar-refractivity contribution in [2.24, 2.45) is 0 Å². The summed E-state index contributed by atoms with van der Waals surface area (Å²) in [5.41, 5.74) is 0.645. The summed E-state index contributed by atoms with van der Waals surface area (Å²) in [6.07, 6.45) is 2.57. The van der Waals surface area contributed by atoms with Gasteiger partial charge in [0.25, 0.3) is 0 Å². The van der Waals surface area contributed by atoms with Gasteiger partial charge in [-0.25, -0.2) is 13.6 Å². The van der Waals surface area contributed by atoms with Crippen molar-refractivity contribution >= 4 is 6.09 Å². The number of amides is 1. The Labute approximate surface area is 162 Å². The Hall–Kier alpha value is -2.61. The molecular weight excluding hydrogens is 368 g/mol. The number of rotatable bonds is 7. The van der Waals surface area contributed by atoms with Crippen LogP contribution in [0.2, 0.25) is 0 Å². The van der Waals surface area contributed by atoms with Gasteiger partial charge in [-0.1, -0.05) is 6.92 Å². The number of halogens is 2. The van der Waals surface area contributed by atoms with E-state index in [1.54, 1.807) is 11.1 Å². The van der Waals surface area contributed by atoms with Gasteiger partial charge >= 0.3 is 6.09 Å². The van der Waals surface area contributed by atoms with Gasteiger partial charge in [-0.3, -0.25) is 0 Å². The van der Waals surface area contributed by atoms with Crippen LogP contribution in [-0.4, -0.2) is 48.3 Å². The molecular formula is C20H25F2N3O3. The SMILES string of the molecule is CC[C@@H]1CNCCN1C(=O)OCc1c(F)ccc(OCCc2ccc[nH]2)c1F. The molecule has 1 aromatic carbocycles. The Balaban J connectivity index is 1.60. The summed E-state index contributed by atoms with van der Waals surface area (Å²) in [4.78, 5) is 17.0. The molecule has 28 heavy (non-hydrogen) atoms. The van der Waals surface area contributed by atoms with Gasteiger partial charge in [-0.15, -0.1) is 0 Å². The number of benzene rings is 1. The van der Waals surface area contributed by atoms with Crippen molar-refractivity contribution < 1.29 is 23.0 Å². The molecule has 6 nitrogen and oxygen atoms in total. The minimum atomic E-state index is -0.841. The maximum atomic E-state index is 14.6. The third kappa shape index (κ3) is 4.81. The van der Waals surface area contributed by atoms with Gasteiger partial charge in [0.2, 0.25) is 0 Å². The van der Waals surface area contributed by atoms with E-state index >= 15 is 0 Å². The van der Waals surface area contributed by atoms with E-state index in [-0.39, 0.29) is 24.0 Å². The standard InChI is InChI=1S/C20H25F2N3O3/c1-2-15-12-23-9-10-25(15)20(26)28-13-16-17(21)5-6-18(19(16)22)27-11-7-14-4-3-8-24-14/h3-6,8,15,23-24H,2,7,9-13H2,1H3/t15-/m1/s1. The van der Waals surface area contributed by atoms with Crippen molar-refractivity contribution in [1.29, 1.82) is 0 Å². The molecule has 1 atom stereocenters. The highest BCUT2D eigenvalue weighted by molar-refractivity contribution is 5.68. The van der Waals surface area contributed by atoms with Crippen molar-refractivity contribution in [2.45, 2.75) is 32.4 Å². The molecule has 1 saturated heterocycles. The first kappa shape index (κ1) is 20.1. The molecule has 1 aliphatic rings. The molecule has 3 rings (SSSR count). The predicted octanol–water partition coefficient (Wildman–Crippen LogP) is 3.23. The van der Waals surface area contributed by atoms with E-state index in [4.69, 9.17) is 9.47 Å². The van der Waals surface area contributed by atoms with E-state index in [0.717, 1.165) is 18.2 Å². The predicted molar refractivity (Wildman–Crippen MR) is 100 cm³/mol. The molecule has 0 bridgehead atoms. The number of carbonyl (C=O) groups excluding carboxylic acids is 1. The number of aromatic amines is 1. The van der Waals surface area contributed by atoms with Crippen molar-refractivity contribution in [2.75, 3.05) is 26.2 Å². The molecule has 0 unspecified atom stereocenters. The van der Waals surface area contributed by atoms with Crippen molar-refractivity contribution in [3.05, 3.63) is 53.4 Å². The molecule has 1 amide bonds. The van der Waals surface area contributed by atoms with Crippen LogP contribution in [0.15, 0.2) is 30.5 Å². The van der Waals surface area contributed by atoms with Gasteiger partial charge in [0.1, 0.15) is 12.4 Å². The van der Waals surface area contributed by atoms with E-state index in [9.17, 15) is 13.6 Å². The molecule has 1 aromatic heterocycles. The Morgan fingerprint density at radius 2 is 2.18 bits per heavy atom. The summed E-state index contributed by atoms with van der Waals surface area (Å²) in [6.45, 7) is 3.58. The first-order valence-corrected chi connectivity index (χ1v) is 9.46. The lowest BCUT2D eigenvalue weighted by atomic mass is 10.1. The first-order chi connectivity index (χ1) is 13.6. The van der Waals surface area contributed by atoms with Crippen LogP contribution in [0.3, 0.4) is 0 Å². The fourth-order valence-electron chi connectivity index (χ4n) is 3.20. The second-order valence-electron chi connectivity index (χ2n) is 6.65. The van der Waals surface area contributed by atoms with Gasteiger partial charge in [0, 0.05) is 44.0 Å². The number of ether oxygens (including phenoxy) is 2. The smallest absolute Gasteiger partial charge is 0.410 e. The van der Waals surface area contributed by atoms with Crippen LogP contribution < -0.4 is 10.1 Å². The molecule has 2 heterocycles. The lowest BCUT2D eigenvalue weighted by Gasteiger charge is -2.34. The molecule has 1 fully saturated rings. The number of hydrogen-bond donors (Lipinski definition) is 2. The third-order valence-corrected chi connectivity index (χ3v) is 4.84. The highest BCUT2D eigenvalue weighted by atomic mass is 19.1. The highest BCUT2D eigenvalue weighted by Gasteiger charge is 2.27. The lowest BCUT2D eigenvalue weighted by molar-refractivity contribution is 0.0697. The van der Waals surface area contributed by atoms with Crippen molar-refractivity contribution in [3.8, 4) is 5.75 Å². The van der Waals surface area contributed by atoms with Crippen LogP contribution >= 0.6 is 0 Å². The molecule has 0 aliphatic carbocycles. The average Bonchev–Trinajstić information content (AvgIpc) is 3.23. The average molecular weight is 393 g/mol. The maximum Gasteiger partial charge on any atom is 0.410 e. The van der Waals surface area contributed by atoms with Gasteiger partial charge in [0.05, 0.1) is 12.2 Å². The lowest BCUT2D eigenvalue weighted by Crippen LogP contribution is -2.53. The number of hydrogen-bond acceptors (Lipinski definition) is 4. The molecule has 152 valence electrons. The minimum Gasteiger partial charge on any atom is -0.490 e. The van der Waals surface area contributed by atoms with Crippen molar-refractivity contribution in [1.82, 2.24) is 15.2 Å². The van der Waals surface area contributed by atoms with Gasteiger partial charge in [-0.2, -0.15) is 0 Å². The summed E-state index contributed by atoms with van der Waals surface area (Å²) in [7, 11) is 0. The molecule has 0 radical (unpaired) electrons. The number of H-pyrrole nitrogens is 1. The van der Waals surface area contributed by atoms with E-state index in [1.807, 2.05) is 19.1 Å². The molecule has 0 spiro atoms. The third-order valence-electron chi connectivity index (χ3n) is 4.84. The number of aromatic nitrogens is 1. The van der Waals surface area contributed by atoms with Crippen LogP contribution in [-0.2, 0) is 17.8 Å². The zero-order valence-corrected chi connectivity index (χ0v) is 15.8. The fourth-order valence-corrected chi connectivity index (χ4v) is 3.20. The summed E-state index contributed by atoms with van der Waals surface area (Å²) in [5, 5.41) is 3.21. The van der Waals surface area contributed by atoms with E-state index in [1.165, 1.54) is 6.07 Å². The zero-order chi connectivity index (χ0) is 19.9. The monoisotopic (exact) mass is 393 g/mol. The molecule has 2 aromatic rings. The van der Waals surface area contributed by atoms with Crippen LogP contribution in [0, 0.1) is 11.6 Å². The second kappa shape index (κ2) is 9.54. The Bertz CT molecular complexity index is 783. The number of piperazine rings is 1. The summed E-state index contributed by atoms with van der Waals surface area (Å²) >= 11 is 0. The summed E-state index contributed by atoms with van der Waals surface area (Å²) in [6, 6.07) is 6.14. The van der Waals surface area contributed by atoms with Crippen LogP contribution in [0.4, 0.5) is 13.6 Å². The largest absolute Gasteiger partial charge is 0.490 e. The quantitative estimate of drug-likeness (QED) is 0.758. The topological polar surface area (TPSA) is 66.6 Å². The first-order valence-electron chi connectivity index (χ1n) is 9.46. The van der Waals surface area contributed by atoms with Crippen LogP contribution in [0.5, 0.6) is 5.75 Å². The second-order valence-corrected chi connectivity index (χ2v) is 6.65. The van der Waals surface area contributed by atoms with Crippen LogP contribution in [0.25, 0.3) is 0 Å². The van der Waals surface area contributed by atoms with Gasteiger partial charge in [-0.05, 0) is 30.7 Å². The number of nitrogens with one attached hydrogen (secondary N) is 2. The maximum absolute atomic E-state index is 14.6. The molecule has 0 saturated carbocycles. The number of nitrogens with zero attached hydrogens (tertiary/aromatic N) is 1. The molecule has 8 heteroatoms. The van der Waals surface area contributed by atoms with Gasteiger partial charge in [0.15, 0.2) is 11.6 Å². The Morgan fingerprint density at radius 3 is 2.93 bits per heavy atom. The minimum absolute atomic E-state index is 0.0126. The van der Waals surface area contributed by atoms with E-state index in [0.29, 0.717) is 26.1 Å². The normalized spacial score (nSPS) is 16.8. The van der Waals surface area contributed by atoms with E-state index < -0.39 is 24.3 Å². The Kier molecular flexibility index (Phi) is 6.86. The Morgan fingerprint density at radius 1 is 1.32 bits per heavy atom. The zero-order valence-electron chi connectivity index (χ0n) is 15.8. The van der Waals surface area contributed by atoms with E-state index in [2.05, 4.69) is 10.3 Å². The van der Waals surface area contributed by atoms with Crippen LogP contribution in [0.1, 0.15) is 24.6 Å². The van der Waals surface area contributed by atoms with Crippen molar-refractivity contribution in [3.63, 3.8) is 0 Å². The fraction of sp³-hybridized carbons (Fsp3) is 0.450. The highest BCUT2D eigenvalue weighted by Crippen LogP contribution is 2.24. The molecule has 2 N–H and O–H groups in total. The molecule has 1 aliphatic heterocycles. The summed E-state index contributed by atoms with van der Waals surface area (Å²) < 4.78 is 39.4.